The summed E-state index contributed by atoms with van der Waals surface area (Å²) < 4.78 is 4.93. The molecule has 0 radical (unpaired) electrons. The molecule has 0 amide bonds. The molecule has 2 N–H and O–H groups in total. The van der Waals surface area contributed by atoms with Gasteiger partial charge in [-0.2, -0.15) is 0 Å². The van der Waals surface area contributed by atoms with Gasteiger partial charge in [0.15, 0.2) is 11.5 Å². The lowest BCUT2D eigenvalue weighted by molar-refractivity contribution is 0.0685. The number of nitrogens with one attached hydrogen (secondary N) is 1. The van der Waals surface area contributed by atoms with Crippen molar-refractivity contribution in [3.05, 3.63) is 17.5 Å². The number of carboxylic acid groups (broad SMARTS) is 1. The van der Waals surface area contributed by atoms with E-state index in [1.807, 2.05) is 0 Å². The number of aromatic nitrogens is 1. The van der Waals surface area contributed by atoms with E-state index in [0.29, 0.717) is 24.3 Å². The smallest absolute Gasteiger partial charge is 0.358 e. The molecule has 0 bridgehead atoms. The number of aromatic carboxylic acids is 1. The topological polar surface area (TPSA) is 75.4 Å². The molecule has 1 aromatic rings. The summed E-state index contributed by atoms with van der Waals surface area (Å²) >= 11 is 0. The number of nitrogens with zero attached hydrogens (tertiary/aromatic N) is 1. The van der Waals surface area contributed by atoms with Crippen LogP contribution in [0, 0.1) is 5.92 Å². The molecular formula is C12H20N2O3. The molecule has 0 aromatic carbocycles. The lowest BCUT2D eigenvalue weighted by Crippen LogP contribution is -2.32. The van der Waals surface area contributed by atoms with E-state index in [-0.39, 0.29) is 5.69 Å². The third-order valence-electron chi connectivity index (χ3n) is 3.13. The first-order valence-electron chi connectivity index (χ1n) is 6.00. The summed E-state index contributed by atoms with van der Waals surface area (Å²) in [5, 5.41) is 15.5. The zero-order valence-corrected chi connectivity index (χ0v) is 10.6. The first-order valence-corrected chi connectivity index (χ1v) is 6.00. The number of hydrogen-bond donors (Lipinski definition) is 2. The molecule has 0 aliphatic heterocycles. The van der Waals surface area contributed by atoms with Crippen LogP contribution in [0.4, 0.5) is 0 Å². The molecule has 5 nitrogen and oxygen atoms in total. The molecule has 0 saturated carbocycles. The predicted octanol–water partition coefficient (Wildman–Crippen LogP) is 2.29. The van der Waals surface area contributed by atoms with E-state index >= 15 is 0 Å². The quantitative estimate of drug-likeness (QED) is 0.764. The molecule has 17 heavy (non-hydrogen) atoms. The van der Waals surface area contributed by atoms with Gasteiger partial charge >= 0.3 is 5.97 Å². The van der Waals surface area contributed by atoms with Crippen LogP contribution in [-0.2, 0) is 6.54 Å². The van der Waals surface area contributed by atoms with Crippen LogP contribution in [0.5, 0.6) is 0 Å². The zero-order valence-electron chi connectivity index (χ0n) is 10.6. The minimum atomic E-state index is -1.06. The van der Waals surface area contributed by atoms with E-state index < -0.39 is 5.97 Å². The highest BCUT2D eigenvalue weighted by Crippen LogP contribution is 2.13. The van der Waals surface area contributed by atoms with Crippen molar-refractivity contribution in [2.45, 2.75) is 46.2 Å². The van der Waals surface area contributed by atoms with Crippen LogP contribution in [-0.4, -0.2) is 22.3 Å². The van der Waals surface area contributed by atoms with Gasteiger partial charge in [0.25, 0.3) is 0 Å². The average Bonchev–Trinajstić information content (AvgIpc) is 2.76. The van der Waals surface area contributed by atoms with Gasteiger partial charge in [-0.1, -0.05) is 31.8 Å². The Hall–Kier alpha value is -1.36. The standard InChI is InChI=1S/C12H20N2O3/c1-4-9(5-2)8(3)13-7-10-6-11(12(15)16)14-17-10/h6,8-9,13H,4-5,7H2,1-3H3,(H,15,16). The molecule has 5 heteroatoms. The first kappa shape index (κ1) is 13.7. The lowest BCUT2D eigenvalue weighted by atomic mass is 9.95. The van der Waals surface area contributed by atoms with Crippen molar-refractivity contribution in [3.8, 4) is 0 Å². The van der Waals surface area contributed by atoms with Crippen molar-refractivity contribution in [3.63, 3.8) is 0 Å². The van der Waals surface area contributed by atoms with Crippen molar-refractivity contribution in [1.82, 2.24) is 10.5 Å². The van der Waals surface area contributed by atoms with Gasteiger partial charge in [-0.3, -0.25) is 0 Å². The fourth-order valence-electron chi connectivity index (χ4n) is 1.92. The summed E-state index contributed by atoms with van der Waals surface area (Å²) in [6.45, 7) is 6.98. The van der Waals surface area contributed by atoms with Crippen molar-refractivity contribution < 1.29 is 14.4 Å². The summed E-state index contributed by atoms with van der Waals surface area (Å²) in [6.07, 6.45) is 2.25. The molecule has 96 valence electrons. The van der Waals surface area contributed by atoms with Crippen LogP contribution in [0.2, 0.25) is 0 Å². The third-order valence-corrected chi connectivity index (χ3v) is 3.13. The second-order valence-corrected chi connectivity index (χ2v) is 4.23. The van der Waals surface area contributed by atoms with Crippen LogP contribution in [0.1, 0.15) is 49.9 Å². The van der Waals surface area contributed by atoms with Gasteiger partial charge in [-0.05, 0) is 12.8 Å². The first-order chi connectivity index (χ1) is 8.08. The fraction of sp³-hybridized carbons (Fsp3) is 0.667. The second-order valence-electron chi connectivity index (χ2n) is 4.23. The highest BCUT2D eigenvalue weighted by Gasteiger charge is 2.15. The van der Waals surface area contributed by atoms with Gasteiger partial charge in [0, 0.05) is 12.1 Å². The Bertz CT molecular complexity index is 358. The Morgan fingerprint density at radius 2 is 2.18 bits per heavy atom. The SMILES string of the molecule is CCC(CC)C(C)NCc1cc(C(=O)O)no1. The van der Waals surface area contributed by atoms with Crippen LogP contribution in [0.25, 0.3) is 0 Å². The molecule has 1 atom stereocenters. The highest BCUT2D eigenvalue weighted by molar-refractivity contribution is 5.85. The number of hydrogen-bond acceptors (Lipinski definition) is 4. The van der Waals surface area contributed by atoms with E-state index in [1.165, 1.54) is 6.07 Å². The molecule has 0 saturated heterocycles. The van der Waals surface area contributed by atoms with Gasteiger partial charge in [-0.15, -0.1) is 0 Å². The second kappa shape index (κ2) is 6.39. The zero-order chi connectivity index (χ0) is 12.8. The van der Waals surface area contributed by atoms with Crippen molar-refractivity contribution in [2.24, 2.45) is 5.92 Å². The maximum atomic E-state index is 10.6. The van der Waals surface area contributed by atoms with E-state index in [4.69, 9.17) is 9.63 Å². The monoisotopic (exact) mass is 240 g/mol. The Morgan fingerprint density at radius 3 is 2.65 bits per heavy atom. The number of carbonyl (C=O) groups is 1. The summed E-state index contributed by atoms with van der Waals surface area (Å²) in [6, 6.07) is 1.83. The lowest BCUT2D eigenvalue weighted by Gasteiger charge is -2.21. The molecule has 1 heterocycles. The van der Waals surface area contributed by atoms with Gasteiger partial charge in [-0.25, -0.2) is 4.79 Å². The third kappa shape index (κ3) is 3.85. The summed E-state index contributed by atoms with van der Waals surface area (Å²) in [5.41, 5.74) is -0.0445. The molecule has 0 aliphatic rings. The Kier molecular flexibility index (Phi) is 5.15. The largest absolute Gasteiger partial charge is 0.476 e. The normalized spacial score (nSPS) is 12.9. The minimum Gasteiger partial charge on any atom is -0.476 e. The summed E-state index contributed by atoms with van der Waals surface area (Å²) in [5.74, 6) is 0.116. The maximum Gasteiger partial charge on any atom is 0.358 e. The predicted molar refractivity (Wildman–Crippen MR) is 63.8 cm³/mol. The molecule has 0 aliphatic carbocycles. The molecule has 1 rings (SSSR count). The number of rotatable bonds is 7. The summed E-state index contributed by atoms with van der Waals surface area (Å²) in [7, 11) is 0. The molecule has 0 spiro atoms. The van der Waals surface area contributed by atoms with Crippen molar-refractivity contribution in [2.75, 3.05) is 0 Å². The van der Waals surface area contributed by atoms with E-state index in [1.54, 1.807) is 0 Å². The average molecular weight is 240 g/mol. The van der Waals surface area contributed by atoms with Gasteiger partial charge < -0.3 is 14.9 Å². The van der Waals surface area contributed by atoms with Crippen LogP contribution in [0.3, 0.4) is 0 Å². The van der Waals surface area contributed by atoms with Gasteiger partial charge in [0.1, 0.15) is 0 Å². The van der Waals surface area contributed by atoms with Crippen LogP contribution in [0.15, 0.2) is 10.6 Å². The van der Waals surface area contributed by atoms with E-state index in [0.717, 1.165) is 12.8 Å². The number of carboxylic acids is 1. The Morgan fingerprint density at radius 1 is 1.53 bits per heavy atom. The fourth-order valence-corrected chi connectivity index (χ4v) is 1.92. The summed E-state index contributed by atoms with van der Waals surface area (Å²) in [4.78, 5) is 10.6. The van der Waals surface area contributed by atoms with Crippen LogP contribution >= 0.6 is 0 Å². The molecule has 1 unspecified atom stereocenters. The Labute approximate surface area is 101 Å². The Balaban J connectivity index is 2.46. The molecular weight excluding hydrogens is 220 g/mol. The van der Waals surface area contributed by atoms with Crippen molar-refractivity contribution >= 4 is 5.97 Å². The maximum absolute atomic E-state index is 10.6. The van der Waals surface area contributed by atoms with Gasteiger partial charge in [0.05, 0.1) is 6.54 Å². The van der Waals surface area contributed by atoms with E-state index in [2.05, 4.69) is 31.2 Å². The molecule has 0 fully saturated rings. The van der Waals surface area contributed by atoms with Gasteiger partial charge in [0.2, 0.25) is 0 Å². The van der Waals surface area contributed by atoms with Crippen LogP contribution < -0.4 is 5.32 Å². The van der Waals surface area contributed by atoms with E-state index in [9.17, 15) is 4.79 Å². The molecule has 1 aromatic heterocycles. The van der Waals surface area contributed by atoms with Crippen molar-refractivity contribution in [1.29, 1.82) is 0 Å². The minimum absolute atomic E-state index is 0.0445. The highest BCUT2D eigenvalue weighted by atomic mass is 16.5.